The van der Waals surface area contributed by atoms with Gasteiger partial charge in [-0.2, -0.15) is 0 Å². The van der Waals surface area contributed by atoms with Crippen LogP contribution in [0.4, 0.5) is 0 Å². The van der Waals surface area contributed by atoms with E-state index in [1.165, 1.54) is 50.2 Å². The molecule has 0 amide bonds. The van der Waals surface area contributed by atoms with E-state index in [1.807, 2.05) is 0 Å². The molecule has 0 bridgehead atoms. The van der Waals surface area contributed by atoms with E-state index in [0.29, 0.717) is 5.92 Å². The van der Waals surface area contributed by atoms with E-state index >= 15 is 0 Å². The molecule has 2 aliphatic rings. The quantitative estimate of drug-likeness (QED) is 0.794. The Balaban J connectivity index is 1.73. The van der Waals surface area contributed by atoms with Crippen LogP contribution in [0.1, 0.15) is 32.6 Å². The van der Waals surface area contributed by atoms with Gasteiger partial charge >= 0.3 is 0 Å². The van der Waals surface area contributed by atoms with E-state index in [0.717, 1.165) is 13.0 Å². The Morgan fingerprint density at radius 1 is 1.35 bits per heavy atom. The lowest BCUT2D eigenvalue weighted by Crippen LogP contribution is -2.36. The maximum Gasteiger partial charge on any atom is 0.0397 e. The Hall–Kier alpha value is -1.28. The van der Waals surface area contributed by atoms with Gasteiger partial charge in [-0.3, -0.25) is 0 Å². The molecule has 0 radical (unpaired) electrons. The van der Waals surface area contributed by atoms with Gasteiger partial charge in [0.1, 0.15) is 0 Å². The van der Waals surface area contributed by atoms with Crippen molar-refractivity contribution >= 4 is 0 Å². The van der Waals surface area contributed by atoms with Crippen molar-refractivity contribution in [3.8, 4) is 0 Å². The Morgan fingerprint density at radius 2 is 2.15 bits per heavy atom. The predicted octanol–water partition coefficient (Wildman–Crippen LogP) is 3.65. The van der Waals surface area contributed by atoms with Crippen molar-refractivity contribution in [1.29, 1.82) is 0 Å². The molecule has 1 aliphatic heterocycles. The van der Waals surface area contributed by atoms with E-state index in [9.17, 15) is 0 Å². The van der Waals surface area contributed by atoms with Crippen LogP contribution in [0.2, 0.25) is 0 Å². The molecule has 2 nitrogen and oxygen atoms in total. The SMILES string of the molecule is C=C(NCC1=CC=CCC=C1)C1CCN(CCC)CC1. The van der Waals surface area contributed by atoms with Gasteiger partial charge in [0.15, 0.2) is 0 Å². The zero-order valence-corrected chi connectivity index (χ0v) is 12.8. The summed E-state index contributed by atoms with van der Waals surface area (Å²) in [5.41, 5.74) is 2.56. The largest absolute Gasteiger partial charge is 0.385 e. The monoisotopic (exact) mass is 272 g/mol. The van der Waals surface area contributed by atoms with Gasteiger partial charge in [-0.25, -0.2) is 0 Å². The van der Waals surface area contributed by atoms with Gasteiger partial charge in [0.25, 0.3) is 0 Å². The topological polar surface area (TPSA) is 15.3 Å². The average Bonchev–Trinajstić information content (AvgIpc) is 2.74. The van der Waals surface area contributed by atoms with Gasteiger partial charge in [-0.1, -0.05) is 43.9 Å². The first kappa shape index (κ1) is 15.1. The number of hydrogen-bond acceptors (Lipinski definition) is 2. The van der Waals surface area contributed by atoms with E-state index in [1.54, 1.807) is 0 Å². The highest BCUT2D eigenvalue weighted by Gasteiger charge is 2.20. The molecule has 20 heavy (non-hydrogen) atoms. The van der Waals surface area contributed by atoms with Crippen molar-refractivity contribution in [3.05, 3.63) is 48.2 Å². The summed E-state index contributed by atoms with van der Waals surface area (Å²) in [6, 6.07) is 0. The molecule has 0 aromatic heterocycles. The smallest absolute Gasteiger partial charge is 0.0397 e. The first-order valence-corrected chi connectivity index (χ1v) is 7.97. The fraction of sp³-hybridized carbons (Fsp3) is 0.556. The van der Waals surface area contributed by atoms with E-state index in [2.05, 4.69) is 54.1 Å². The van der Waals surface area contributed by atoms with Crippen LogP contribution in [0.3, 0.4) is 0 Å². The Morgan fingerprint density at radius 3 is 2.90 bits per heavy atom. The van der Waals surface area contributed by atoms with E-state index in [-0.39, 0.29) is 0 Å². The second-order valence-corrected chi connectivity index (χ2v) is 5.80. The molecule has 1 saturated heterocycles. The van der Waals surface area contributed by atoms with E-state index in [4.69, 9.17) is 0 Å². The zero-order chi connectivity index (χ0) is 14.2. The average molecular weight is 272 g/mol. The van der Waals surface area contributed by atoms with Crippen molar-refractivity contribution in [2.24, 2.45) is 5.92 Å². The van der Waals surface area contributed by atoms with Gasteiger partial charge in [0.05, 0.1) is 0 Å². The van der Waals surface area contributed by atoms with Crippen molar-refractivity contribution in [3.63, 3.8) is 0 Å². The number of nitrogens with one attached hydrogen (secondary N) is 1. The van der Waals surface area contributed by atoms with Crippen LogP contribution in [0.15, 0.2) is 48.2 Å². The summed E-state index contributed by atoms with van der Waals surface area (Å²) in [6.07, 6.45) is 15.7. The predicted molar refractivity (Wildman–Crippen MR) is 87.6 cm³/mol. The third-order valence-electron chi connectivity index (χ3n) is 4.19. The first-order valence-electron chi connectivity index (χ1n) is 7.97. The Labute approximate surface area is 123 Å². The minimum absolute atomic E-state index is 0.647. The number of likely N-dealkylation sites (tertiary alicyclic amines) is 1. The third-order valence-corrected chi connectivity index (χ3v) is 4.19. The van der Waals surface area contributed by atoms with Gasteiger partial charge in [0.2, 0.25) is 0 Å². The fourth-order valence-corrected chi connectivity index (χ4v) is 2.92. The van der Waals surface area contributed by atoms with Gasteiger partial charge in [-0.05, 0) is 50.9 Å². The molecule has 0 spiro atoms. The number of allylic oxidation sites excluding steroid dienone is 5. The molecule has 0 saturated carbocycles. The van der Waals surface area contributed by atoms with Crippen molar-refractivity contribution in [1.82, 2.24) is 10.2 Å². The molecule has 1 heterocycles. The van der Waals surface area contributed by atoms with Crippen molar-refractivity contribution < 1.29 is 0 Å². The highest BCUT2D eigenvalue weighted by molar-refractivity contribution is 5.29. The zero-order valence-electron chi connectivity index (χ0n) is 12.8. The lowest BCUT2D eigenvalue weighted by molar-refractivity contribution is 0.196. The molecule has 1 N–H and O–H groups in total. The number of hydrogen-bond donors (Lipinski definition) is 1. The lowest BCUT2D eigenvalue weighted by Gasteiger charge is -2.33. The number of rotatable bonds is 6. The van der Waals surface area contributed by atoms with Crippen LogP contribution in [0.5, 0.6) is 0 Å². The molecular formula is C18H28N2. The summed E-state index contributed by atoms with van der Waals surface area (Å²) in [7, 11) is 0. The minimum Gasteiger partial charge on any atom is -0.385 e. The van der Waals surface area contributed by atoms with Crippen LogP contribution in [-0.4, -0.2) is 31.1 Å². The second kappa shape index (κ2) is 8.11. The minimum atomic E-state index is 0.647. The molecular weight excluding hydrogens is 244 g/mol. The van der Waals surface area contributed by atoms with Crippen LogP contribution >= 0.6 is 0 Å². The lowest BCUT2D eigenvalue weighted by atomic mass is 9.93. The molecule has 0 atom stereocenters. The van der Waals surface area contributed by atoms with Crippen LogP contribution in [0.25, 0.3) is 0 Å². The normalized spacial score (nSPS) is 20.6. The van der Waals surface area contributed by atoms with Crippen molar-refractivity contribution in [2.45, 2.75) is 32.6 Å². The summed E-state index contributed by atoms with van der Waals surface area (Å²) in [5.74, 6) is 0.647. The third kappa shape index (κ3) is 4.68. The summed E-state index contributed by atoms with van der Waals surface area (Å²) in [6.45, 7) is 11.1. The molecule has 1 aliphatic carbocycles. The fourth-order valence-electron chi connectivity index (χ4n) is 2.92. The molecule has 2 rings (SSSR count). The molecule has 1 fully saturated rings. The van der Waals surface area contributed by atoms with Crippen LogP contribution in [0, 0.1) is 5.92 Å². The highest BCUT2D eigenvalue weighted by Crippen LogP contribution is 2.22. The number of piperidine rings is 1. The highest BCUT2D eigenvalue weighted by atomic mass is 15.1. The summed E-state index contributed by atoms with van der Waals surface area (Å²) < 4.78 is 0. The maximum absolute atomic E-state index is 4.26. The van der Waals surface area contributed by atoms with Gasteiger partial charge in [-0.15, -0.1) is 0 Å². The van der Waals surface area contributed by atoms with Gasteiger partial charge in [0, 0.05) is 18.2 Å². The maximum atomic E-state index is 4.26. The summed E-state index contributed by atoms with van der Waals surface area (Å²) in [5, 5.41) is 3.53. The van der Waals surface area contributed by atoms with Crippen LogP contribution < -0.4 is 5.32 Å². The Bertz CT molecular complexity index is 396. The standard InChI is InChI=1S/C18H28N2/c1-3-12-20-13-10-18(11-14-20)16(2)19-15-17-8-6-4-5-7-9-17/h4,6-9,18-19H,2-3,5,10-15H2,1H3. The first-order chi connectivity index (χ1) is 9.79. The number of nitrogens with zero attached hydrogens (tertiary/aromatic N) is 1. The van der Waals surface area contributed by atoms with Crippen molar-refractivity contribution in [2.75, 3.05) is 26.2 Å². The summed E-state index contributed by atoms with van der Waals surface area (Å²) >= 11 is 0. The molecule has 0 unspecified atom stereocenters. The Kier molecular flexibility index (Phi) is 6.13. The van der Waals surface area contributed by atoms with E-state index < -0.39 is 0 Å². The molecule has 0 aromatic rings. The van der Waals surface area contributed by atoms with Gasteiger partial charge < -0.3 is 10.2 Å². The second-order valence-electron chi connectivity index (χ2n) is 5.80. The molecule has 110 valence electrons. The summed E-state index contributed by atoms with van der Waals surface area (Å²) in [4.78, 5) is 2.57. The molecule has 2 heteroatoms. The molecule has 0 aromatic carbocycles. The van der Waals surface area contributed by atoms with Crippen LogP contribution in [-0.2, 0) is 0 Å².